The lowest BCUT2D eigenvalue weighted by Crippen LogP contribution is -2.54. The van der Waals surface area contributed by atoms with Crippen molar-refractivity contribution in [3.8, 4) is 11.5 Å². The van der Waals surface area contributed by atoms with Crippen LogP contribution in [-0.4, -0.2) is 25.3 Å². The molecular formula is C18H29NO2. The van der Waals surface area contributed by atoms with Crippen LogP contribution in [0, 0.1) is 5.41 Å². The van der Waals surface area contributed by atoms with E-state index in [1.165, 1.54) is 12.8 Å². The van der Waals surface area contributed by atoms with Crippen LogP contribution in [0.25, 0.3) is 0 Å². The fourth-order valence-electron chi connectivity index (χ4n) is 3.32. The Balaban J connectivity index is 2.10. The third-order valence-electron chi connectivity index (χ3n) is 4.35. The van der Waals surface area contributed by atoms with Gasteiger partial charge in [-0.25, -0.2) is 0 Å². The van der Waals surface area contributed by atoms with Gasteiger partial charge in [-0.1, -0.05) is 26.8 Å². The minimum Gasteiger partial charge on any atom is -0.494 e. The molecule has 0 spiro atoms. The fourth-order valence-corrected chi connectivity index (χ4v) is 3.32. The molecule has 0 aromatic heterocycles. The van der Waals surface area contributed by atoms with E-state index >= 15 is 0 Å². The van der Waals surface area contributed by atoms with Gasteiger partial charge >= 0.3 is 0 Å². The highest BCUT2D eigenvalue weighted by Gasteiger charge is 2.39. The second-order valence-electron chi connectivity index (χ2n) is 6.48. The number of rotatable bonds is 6. The minimum atomic E-state index is 0.227. The van der Waals surface area contributed by atoms with E-state index in [0.717, 1.165) is 24.5 Å². The largest absolute Gasteiger partial charge is 0.494 e. The molecule has 0 bridgehead atoms. The molecule has 1 aromatic carbocycles. The fraction of sp³-hybridized carbons (Fsp3) is 0.667. The molecule has 1 saturated carbocycles. The van der Waals surface area contributed by atoms with E-state index in [2.05, 4.69) is 26.1 Å². The second-order valence-corrected chi connectivity index (χ2v) is 6.48. The van der Waals surface area contributed by atoms with Gasteiger partial charge in [0.2, 0.25) is 0 Å². The lowest BCUT2D eigenvalue weighted by Gasteiger charge is -2.44. The molecule has 1 aliphatic rings. The molecule has 2 atom stereocenters. The highest BCUT2D eigenvalue weighted by Crippen LogP contribution is 2.37. The summed E-state index contributed by atoms with van der Waals surface area (Å²) in [4.78, 5) is 0. The van der Waals surface area contributed by atoms with Crippen molar-refractivity contribution < 1.29 is 9.47 Å². The zero-order chi connectivity index (χ0) is 15.3. The van der Waals surface area contributed by atoms with Crippen LogP contribution in [0.5, 0.6) is 11.5 Å². The average Bonchev–Trinajstić information content (AvgIpc) is 2.43. The summed E-state index contributed by atoms with van der Waals surface area (Å²) in [5.41, 5.74) is 0.274. The Morgan fingerprint density at radius 3 is 2.71 bits per heavy atom. The summed E-state index contributed by atoms with van der Waals surface area (Å²) in [6.07, 6.45) is 3.82. The molecule has 2 rings (SSSR count). The van der Waals surface area contributed by atoms with Crippen molar-refractivity contribution in [2.24, 2.45) is 5.41 Å². The summed E-state index contributed by atoms with van der Waals surface area (Å²) in [6.45, 7) is 10.5. The summed E-state index contributed by atoms with van der Waals surface area (Å²) in [7, 11) is 0. The molecule has 0 aliphatic heterocycles. The van der Waals surface area contributed by atoms with E-state index in [0.29, 0.717) is 12.6 Å². The van der Waals surface area contributed by atoms with Gasteiger partial charge in [0, 0.05) is 12.1 Å². The van der Waals surface area contributed by atoms with Gasteiger partial charge < -0.3 is 14.8 Å². The first kappa shape index (κ1) is 16.2. The quantitative estimate of drug-likeness (QED) is 0.858. The lowest BCUT2D eigenvalue weighted by atomic mass is 9.71. The zero-order valence-electron chi connectivity index (χ0n) is 13.8. The Kier molecular flexibility index (Phi) is 5.51. The Bertz CT molecular complexity index is 445. The molecule has 1 fully saturated rings. The molecule has 0 heterocycles. The monoisotopic (exact) mass is 291 g/mol. The molecule has 1 aromatic rings. The molecule has 1 aliphatic carbocycles. The van der Waals surface area contributed by atoms with E-state index in [9.17, 15) is 0 Å². The normalized spacial score (nSPS) is 24.6. The number of likely N-dealkylation sites (N-methyl/N-ethyl adjacent to an activating group) is 1. The second kappa shape index (κ2) is 7.17. The molecular weight excluding hydrogens is 262 g/mol. The van der Waals surface area contributed by atoms with Crippen molar-refractivity contribution in [2.75, 3.05) is 13.2 Å². The summed E-state index contributed by atoms with van der Waals surface area (Å²) in [6, 6.07) is 8.38. The Hall–Kier alpha value is -1.22. The van der Waals surface area contributed by atoms with Crippen molar-refractivity contribution in [3.05, 3.63) is 24.3 Å². The number of benzene rings is 1. The van der Waals surface area contributed by atoms with E-state index in [-0.39, 0.29) is 11.5 Å². The van der Waals surface area contributed by atoms with Gasteiger partial charge in [0.25, 0.3) is 0 Å². The van der Waals surface area contributed by atoms with Crippen LogP contribution in [-0.2, 0) is 0 Å². The van der Waals surface area contributed by atoms with Crippen LogP contribution in [0.3, 0.4) is 0 Å². The average molecular weight is 291 g/mol. The molecule has 2 unspecified atom stereocenters. The highest BCUT2D eigenvalue weighted by molar-refractivity contribution is 5.33. The third kappa shape index (κ3) is 4.13. The van der Waals surface area contributed by atoms with Gasteiger partial charge in [-0.2, -0.15) is 0 Å². The summed E-state index contributed by atoms with van der Waals surface area (Å²) >= 11 is 0. The maximum atomic E-state index is 6.30. The number of nitrogens with one attached hydrogen (secondary N) is 1. The zero-order valence-corrected chi connectivity index (χ0v) is 13.8. The van der Waals surface area contributed by atoms with Crippen LogP contribution in [0.15, 0.2) is 24.3 Å². The molecule has 21 heavy (non-hydrogen) atoms. The molecule has 0 radical (unpaired) electrons. The van der Waals surface area contributed by atoms with Crippen LogP contribution >= 0.6 is 0 Å². The van der Waals surface area contributed by atoms with Crippen molar-refractivity contribution in [1.29, 1.82) is 0 Å². The number of hydrogen-bond donors (Lipinski definition) is 1. The maximum Gasteiger partial charge on any atom is 0.123 e. The topological polar surface area (TPSA) is 30.5 Å². The Morgan fingerprint density at radius 1 is 1.24 bits per heavy atom. The summed E-state index contributed by atoms with van der Waals surface area (Å²) in [5.74, 6) is 1.79. The van der Waals surface area contributed by atoms with Gasteiger partial charge in [-0.05, 0) is 50.3 Å². The molecule has 3 nitrogen and oxygen atoms in total. The molecule has 1 N–H and O–H groups in total. The Morgan fingerprint density at radius 2 is 2.00 bits per heavy atom. The smallest absolute Gasteiger partial charge is 0.123 e. The first-order valence-electron chi connectivity index (χ1n) is 8.19. The predicted octanol–water partition coefficient (Wildman–Crippen LogP) is 4.02. The van der Waals surface area contributed by atoms with Crippen LogP contribution in [0.2, 0.25) is 0 Å². The van der Waals surface area contributed by atoms with Gasteiger partial charge in [0.15, 0.2) is 0 Å². The van der Waals surface area contributed by atoms with Gasteiger partial charge in [0.05, 0.1) is 6.61 Å². The Labute approximate surface area is 129 Å². The van der Waals surface area contributed by atoms with Crippen molar-refractivity contribution >= 4 is 0 Å². The van der Waals surface area contributed by atoms with Gasteiger partial charge in [0.1, 0.15) is 17.6 Å². The molecule has 0 saturated heterocycles. The first-order valence-corrected chi connectivity index (χ1v) is 8.19. The van der Waals surface area contributed by atoms with Crippen molar-refractivity contribution in [3.63, 3.8) is 0 Å². The third-order valence-corrected chi connectivity index (χ3v) is 4.35. The van der Waals surface area contributed by atoms with Crippen molar-refractivity contribution in [1.82, 2.24) is 5.32 Å². The predicted molar refractivity (Wildman–Crippen MR) is 87.1 cm³/mol. The van der Waals surface area contributed by atoms with E-state index in [1.54, 1.807) is 0 Å². The molecule has 3 heteroatoms. The number of ether oxygens (including phenoxy) is 2. The van der Waals surface area contributed by atoms with Crippen LogP contribution in [0.1, 0.15) is 47.0 Å². The van der Waals surface area contributed by atoms with Crippen LogP contribution < -0.4 is 14.8 Å². The van der Waals surface area contributed by atoms with E-state index in [4.69, 9.17) is 9.47 Å². The first-order chi connectivity index (χ1) is 10.1. The van der Waals surface area contributed by atoms with E-state index < -0.39 is 0 Å². The van der Waals surface area contributed by atoms with Gasteiger partial charge in [-0.3, -0.25) is 0 Å². The minimum absolute atomic E-state index is 0.227. The standard InChI is InChI=1S/C18H29NO2/c1-5-19-17-16(11-8-12-18(17,3)4)21-15-10-7-9-14(13-15)20-6-2/h7,9-10,13,16-17,19H,5-6,8,11-12H2,1-4H3. The maximum absolute atomic E-state index is 6.30. The highest BCUT2D eigenvalue weighted by atomic mass is 16.5. The molecule has 0 amide bonds. The summed E-state index contributed by atoms with van der Waals surface area (Å²) in [5, 5.41) is 3.63. The lowest BCUT2D eigenvalue weighted by molar-refractivity contribution is 0.0371. The SMILES string of the molecule is CCNC1C(Oc2cccc(OCC)c2)CCCC1(C)C. The van der Waals surface area contributed by atoms with Gasteiger partial charge in [-0.15, -0.1) is 0 Å². The molecule has 118 valence electrons. The summed E-state index contributed by atoms with van der Waals surface area (Å²) < 4.78 is 11.9. The van der Waals surface area contributed by atoms with Crippen molar-refractivity contribution in [2.45, 2.75) is 59.1 Å². The van der Waals surface area contributed by atoms with Crippen LogP contribution in [0.4, 0.5) is 0 Å². The number of hydrogen-bond acceptors (Lipinski definition) is 3. The van der Waals surface area contributed by atoms with E-state index in [1.807, 2.05) is 31.2 Å².